The van der Waals surface area contributed by atoms with Crippen LogP contribution in [0.2, 0.25) is 0 Å². The van der Waals surface area contributed by atoms with Gasteiger partial charge in [0.25, 0.3) is 0 Å². The molecule has 0 radical (unpaired) electrons. The van der Waals surface area contributed by atoms with Gasteiger partial charge in [-0.25, -0.2) is 0 Å². The molecule has 1 atom stereocenters. The second-order valence-electron chi connectivity index (χ2n) is 2.50. The lowest BCUT2D eigenvalue weighted by Crippen LogP contribution is -2.23. The molecule has 0 rings (SSSR count). The summed E-state index contributed by atoms with van der Waals surface area (Å²) in [6, 6.07) is 0. The number of Topliss-reactive ketones (excluding diaryl/α,β-unsaturated/α-hetero) is 1. The lowest BCUT2D eigenvalue weighted by atomic mass is 10.3. The number of alkyl halides is 3. The number of aliphatic hydroxyl groups is 1. The van der Waals surface area contributed by atoms with E-state index in [0.717, 1.165) is 6.92 Å². The fourth-order valence-electron chi connectivity index (χ4n) is 0.523. The van der Waals surface area contributed by atoms with Gasteiger partial charge in [-0.05, 0) is 6.92 Å². The van der Waals surface area contributed by atoms with Gasteiger partial charge in [0.15, 0.2) is 5.78 Å². The summed E-state index contributed by atoms with van der Waals surface area (Å²) in [4.78, 5) is 10.5. The minimum absolute atomic E-state index is 0.0123. The summed E-state index contributed by atoms with van der Waals surface area (Å²) >= 11 is 0.670. The van der Waals surface area contributed by atoms with E-state index in [2.05, 4.69) is 0 Å². The highest BCUT2D eigenvalue weighted by Gasteiger charge is 2.35. The molecule has 0 aromatic heterocycles. The maximum absolute atomic E-state index is 11.9. The van der Waals surface area contributed by atoms with Gasteiger partial charge < -0.3 is 5.11 Å². The van der Waals surface area contributed by atoms with E-state index in [1.807, 2.05) is 0 Å². The first kappa shape index (κ1) is 12.8. The number of hydrogen-bond acceptors (Lipinski definition) is 3. The van der Waals surface area contributed by atoms with Gasteiger partial charge in [0.05, 0.1) is 5.25 Å². The summed E-state index contributed by atoms with van der Waals surface area (Å²) in [6.45, 7) is 0.453. The zero-order valence-electron chi connectivity index (χ0n) is 7.10. The average molecular weight is 216 g/mol. The van der Waals surface area contributed by atoms with Crippen LogP contribution in [-0.4, -0.2) is 34.7 Å². The van der Waals surface area contributed by atoms with Gasteiger partial charge in [0.1, 0.15) is 6.61 Å². The monoisotopic (exact) mass is 216 g/mol. The van der Waals surface area contributed by atoms with Crippen LogP contribution in [0, 0.1) is 0 Å². The summed E-state index contributed by atoms with van der Waals surface area (Å²) in [5.74, 6) is -0.332. The van der Waals surface area contributed by atoms with E-state index in [1.54, 1.807) is 0 Å². The van der Waals surface area contributed by atoms with Crippen LogP contribution >= 0.6 is 11.8 Å². The minimum atomic E-state index is -4.22. The first-order valence-electron chi connectivity index (χ1n) is 3.68. The van der Waals surface area contributed by atoms with Crippen LogP contribution in [0.25, 0.3) is 0 Å². The molecule has 1 unspecified atom stereocenters. The molecule has 0 heterocycles. The first-order valence-corrected chi connectivity index (χ1v) is 4.73. The Balaban J connectivity index is 3.60. The second kappa shape index (κ2) is 5.49. The minimum Gasteiger partial charge on any atom is -0.389 e. The van der Waals surface area contributed by atoms with Crippen molar-refractivity contribution in [1.29, 1.82) is 0 Å². The van der Waals surface area contributed by atoms with E-state index in [9.17, 15) is 18.0 Å². The third kappa shape index (κ3) is 5.93. The Hall–Kier alpha value is -0.230. The Morgan fingerprint density at radius 2 is 2.08 bits per heavy atom. The molecule has 0 saturated carbocycles. The fraction of sp³-hybridized carbons (Fsp3) is 0.857. The van der Waals surface area contributed by atoms with Crippen LogP contribution in [0.5, 0.6) is 0 Å². The zero-order chi connectivity index (χ0) is 10.5. The summed E-state index contributed by atoms with van der Waals surface area (Å²) in [6.07, 6.45) is -4.23. The van der Waals surface area contributed by atoms with Crippen LogP contribution in [0.4, 0.5) is 13.2 Å². The SMILES string of the molecule is CC(SCCC(=O)CO)C(F)(F)F. The predicted molar refractivity (Wildman–Crippen MR) is 44.7 cm³/mol. The number of carbonyl (C=O) groups is 1. The van der Waals surface area contributed by atoms with Crippen molar-refractivity contribution >= 4 is 17.5 Å². The van der Waals surface area contributed by atoms with Crippen molar-refractivity contribution in [2.24, 2.45) is 0 Å². The van der Waals surface area contributed by atoms with E-state index >= 15 is 0 Å². The number of hydrogen-bond donors (Lipinski definition) is 1. The molecule has 0 aliphatic carbocycles. The lowest BCUT2D eigenvalue weighted by Gasteiger charge is -2.14. The van der Waals surface area contributed by atoms with Crippen molar-refractivity contribution < 1.29 is 23.1 Å². The number of carbonyl (C=O) groups excluding carboxylic acids is 1. The van der Waals surface area contributed by atoms with Gasteiger partial charge in [-0.15, -0.1) is 11.8 Å². The second-order valence-corrected chi connectivity index (χ2v) is 3.95. The van der Waals surface area contributed by atoms with E-state index in [-0.39, 0.29) is 12.2 Å². The zero-order valence-corrected chi connectivity index (χ0v) is 7.91. The van der Waals surface area contributed by atoms with Crippen molar-refractivity contribution in [1.82, 2.24) is 0 Å². The van der Waals surface area contributed by atoms with Crippen molar-refractivity contribution in [3.8, 4) is 0 Å². The molecule has 0 spiro atoms. The fourth-order valence-corrected chi connectivity index (χ4v) is 1.41. The molecule has 0 aromatic carbocycles. The molecule has 0 bridgehead atoms. The van der Waals surface area contributed by atoms with Gasteiger partial charge in [-0.2, -0.15) is 13.2 Å². The van der Waals surface area contributed by atoms with Crippen LogP contribution in [0.1, 0.15) is 13.3 Å². The molecule has 78 valence electrons. The molecule has 13 heavy (non-hydrogen) atoms. The highest BCUT2D eigenvalue weighted by Crippen LogP contribution is 2.29. The number of ketones is 1. The Morgan fingerprint density at radius 1 is 1.54 bits per heavy atom. The first-order chi connectivity index (χ1) is 5.88. The quantitative estimate of drug-likeness (QED) is 0.758. The van der Waals surface area contributed by atoms with Gasteiger partial charge in [0, 0.05) is 12.2 Å². The van der Waals surface area contributed by atoms with E-state index in [4.69, 9.17) is 5.11 Å². The topological polar surface area (TPSA) is 37.3 Å². The van der Waals surface area contributed by atoms with Crippen molar-refractivity contribution in [2.45, 2.75) is 24.8 Å². The van der Waals surface area contributed by atoms with Crippen LogP contribution < -0.4 is 0 Å². The van der Waals surface area contributed by atoms with Gasteiger partial charge in [-0.1, -0.05) is 0 Å². The maximum atomic E-state index is 11.9. The Kier molecular flexibility index (Phi) is 5.39. The third-order valence-corrected chi connectivity index (χ3v) is 2.59. The van der Waals surface area contributed by atoms with E-state index in [0.29, 0.717) is 11.8 Å². The summed E-state index contributed by atoms with van der Waals surface area (Å²) in [5, 5.41) is 6.82. The highest BCUT2D eigenvalue weighted by molar-refractivity contribution is 7.99. The van der Waals surface area contributed by atoms with E-state index in [1.165, 1.54) is 0 Å². The van der Waals surface area contributed by atoms with Crippen LogP contribution in [0.15, 0.2) is 0 Å². The van der Waals surface area contributed by atoms with Crippen molar-refractivity contribution in [3.63, 3.8) is 0 Å². The van der Waals surface area contributed by atoms with Gasteiger partial charge in [-0.3, -0.25) is 4.79 Å². The normalized spacial score (nSPS) is 14.2. The molecule has 0 aliphatic heterocycles. The summed E-state index contributed by atoms with van der Waals surface area (Å²) in [5.41, 5.74) is 0. The highest BCUT2D eigenvalue weighted by atomic mass is 32.2. The molecule has 2 nitrogen and oxygen atoms in total. The van der Waals surface area contributed by atoms with E-state index < -0.39 is 23.8 Å². The molecular formula is C7H11F3O2S. The van der Waals surface area contributed by atoms with Crippen molar-refractivity contribution in [2.75, 3.05) is 12.4 Å². The lowest BCUT2D eigenvalue weighted by molar-refractivity contribution is -0.125. The predicted octanol–water partition coefficient (Wildman–Crippen LogP) is 1.62. The van der Waals surface area contributed by atoms with Crippen LogP contribution in [-0.2, 0) is 4.79 Å². The molecule has 1 N–H and O–H groups in total. The molecule has 0 fully saturated rings. The van der Waals surface area contributed by atoms with Crippen LogP contribution in [0.3, 0.4) is 0 Å². The standard InChI is InChI=1S/C7H11F3O2S/c1-5(7(8,9)10)13-3-2-6(12)4-11/h5,11H,2-4H2,1H3. The summed E-state index contributed by atoms with van der Waals surface area (Å²) in [7, 11) is 0. The number of rotatable bonds is 5. The third-order valence-electron chi connectivity index (χ3n) is 1.39. The largest absolute Gasteiger partial charge is 0.400 e. The molecule has 0 aliphatic rings. The Labute approximate surface area is 78.5 Å². The number of thioether (sulfide) groups is 1. The molecule has 0 amide bonds. The molecule has 0 saturated heterocycles. The average Bonchev–Trinajstić information content (AvgIpc) is 2.02. The summed E-state index contributed by atoms with van der Waals surface area (Å²) < 4.78 is 35.7. The molecular weight excluding hydrogens is 205 g/mol. The number of aliphatic hydroxyl groups excluding tert-OH is 1. The van der Waals surface area contributed by atoms with Gasteiger partial charge >= 0.3 is 6.18 Å². The number of halogens is 3. The molecule has 6 heteroatoms. The Bertz CT molecular complexity index is 170. The maximum Gasteiger partial charge on any atom is 0.400 e. The molecule has 0 aromatic rings. The van der Waals surface area contributed by atoms with Crippen molar-refractivity contribution in [3.05, 3.63) is 0 Å². The van der Waals surface area contributed by atoms with Gasteiger partial charge in [0.2, 0.25) is 0 Å². The Morgan fingerprint density at radius 3 is 2.46 bits per heavy atom. The smallest absolute Gasteiger partial charge is 0.389 e.